The number of guanidine groups is 1. The number of carbonyl (C=O) groups excluding carboxylic acids is 1. The van der Waals surface area contributed by atoms with Crippen LogP contribution in [0.3, 0.4) is 0 Å². The number of rotatable bonds is 4. The van der Waals surface area contributed by atoms with Crippen LogP contribution in [0, 0.1) is 11.3 Å². The zero-order chi connectivity index (χ0) is 23.1. The van der Waals surface area contributed by atoms with Crippen molar-refractivity contribution in [2.75, 3.05) is 0 Å². The molecule has 0 spiro atoms. The molecular weight excluding hydrogens is 432 g/mol. The van der Waals surface area contributed by atoms with Gasteiger partial charge < -0.3 is 5.73 Å². The molecule has 1 aliphatic rings. The SMILES string of the molecule is CC(F)(F)c1ccc([C@H]2C(=O)NC(N)=N[C@]2(C)c2cc(-c3cncc(C#N)c3)cs2)cc1. The van der Waals surface area contributed by atoms with E-state index in [0.29, 0.717) is 11.1 Å². The number of nitriles is 1. The molecule has 3 aromatic rings. The monoisotopic (exact) mass is 451 g/mol. The lowest BCUT2D eigenvalue weighted by Gasteiger charge is -2.36. The van der Waals surface area contributed by atoms with Crippen LogP contribution in [0.25, 0.3) is 11.1 Å². The predicted octanol–water partition coefficient (Wildman–Crippen LogP) is 4.24. The standard InChI is InChI=1S/C23H19F2N5OS/c1-22(18-8-16(12-32-18)15-7-13(9-26)10-28-11-15)19(20(31)29-21(27)30-22)14-3-5-17(6-4-14)23(2,24)25/h3-8,10-12,19H,1-2H3,(H3,27,29,30,31)/t19-,22+/m0/s1. The van der Waals surface area contributed by atoms with Crippen LogP contribution in [-0.2, 0) is 16.3 Å². The first kappa shape index (κ1) is 21.6. The van der Waals surface area contributed by atoms with Crippen molar-refractivity contribution in [2.24, 2.45) is 10.7 Å². The average Bonchev–Trinajstić information content (AvgIpc) is 3.24. The second-order valence-electron chi connectivity index (χ2n) is 7.85. The lowest BCUT2D eigenvalue weighted by molar-refractivity contribution is -0.123. The lowest BCUT2D eigenvalue weighted by atomic mass is 9.77. The normalized spacial score (nSPS) is 20.9. The van der Waals surface area contributed by atoms with Gasteiger partial charge in [-0.05, 0) is 35.6 Å². The molecule has 0 bridgehead atoms. The van der Waals surface area contributed by atoms with Crippen molar-refractivity contribution >= 4 is 23.2 Å². The Kier molecular flexibility index (Phi) is 5.26. The Bertz CT molecular complexity index is 1260. The molecule has 3 N–H and O–H groups in total. The van der Waals surface area contributed by atoms with E-state index in [4.69, 9.17) is 11.0 Å². The van der Waals surface area contributed by atoms with E-state index in [9.17, 15) is 13.6 Å². The Morgan fingerprint density at radius 3 is 2.59 bits per heavy atom. The summed E-state index contributed by atoms with van der Waals surface area (Å²) in [5, 5.41) is 13.6. The number of hydrogen-bond acceptors (Lipinski definition) is 6. The van der Waals surface area contributed by atoms with Crippen LogP contribution in [-0.4, -0.2) is 16.9 Å². The first-order valence-corrected chi connectivity index (χ1v) is 10.6. The molecule has 0 aliphatic carbocycles. The van der Waals surface area contributed by atoms with Crippen molar-refractivity contribution in [3.8, 4) is 17.2 Å². The van der Waals surface area contributed by atoms with Gasteiger partial charge >= 0.3 is 0 Å². The number of halogens is 2. The predicted molar refractivity (Wildman–Crippen MR) is 118 cm³/mol. The maximum absolute atomic E-state index is 13.7. The second kappa shape index (κ2) is 7.80. The number of nitrogens with zero attached hydrogens (tertiary/aromatic N) is 3. The van der Waals surface area contributed by atoms with Crippen LogP contribution in [0.4, 0.5) is 8.78 Å². The number of aromatic nitrogens is 1. The molecule has 162 valence electrons. The topological polar surface area (TPSA) is 104 Å². The van der Waals surface area contributed by atoms with Crippen LogP contribution in [0.5, 0.6) is 0 Å². The number of pyridine rings is 1. The van der Waals surface area contributed by atoms with Gasteiger partial charge in [0.05, 0.1) is 11.5 Å². The molecule has 32 heavy (non-hydrogen) atoms. The summed E-state index contributed by atoms with van der Waals surface area (Å²) < 4.78 is 27.3. The summed E-state index contributed by atoms with van der Waals surface area (Å²) in [5.41, 5.74) is 7.29. The molecule has 6 nitrogen and oxygen atoms in total. The largest absolute Gasteiger partial charge is 0.370 e. The number of benzene rings is 1. The van der Waals surface area contributed by atoms with E-state index in [1.807, 2.05) is 11.4 Å². The maximum Gasteiger partial charge on any atom is 0.270 e. The Hall–Kier alpha value is -3.64. The Morgan fingerprint density at radius 2 is 1.94 bits per heavy atom. The molecule has 3 heterocycles. The van der Waals surface area contributed by atoms with Gasteiger partial charge in [0.25, 0.3) is 5.92 Å². The summed E-state index contributed by atoms with van der Waals surface area (Å²) >= 11 is 1.40. The quantitative estimate of drug-likeness (QED) is 0.619. The van der Waals surface area contributed by atoms with Gasteiger partial charge in [-0.15, -0.1) is 11.3 Å². The smallest absolute Gasteiger partial charge is 0.270 e. The number of aliphatic imine (C=N–C) groups is 1. The summed E-state index contributed by atoms with van der Waals surface area (Å²) in [5.74, 6) is -4.12. The molecule has 0 radical (unpaired) electrons. The number of alkyl halides is 2. The lowest BCUT2D eigenvalue weighted by Crippen LogP contribution is -2.51. The van der Waals surface area contributed by atoms with Gasteiger partial charge in [0.2, 0.25) is 5.91 Å². The average molecular weight is 452 g/mol. The second-order valence-corrected chi connectivity index (χ2v) is 8.76. The number of carbonyl (C=O) groups is 1. The van der Waals surface area contributed by atoms with Crippen molar-refractivity contribution in [1.82, 2.24) is 10.3 Å². The van der Waals surface area contributed by atoms with Crippen LogP contribution < -0.4 is 11.1 Å². The highest BCUT2D eigenvalue weighted by Crippen LogP contribution is 2.46. The van der Waals surface area contributed by atoms with E-state index in [0.717, 1.165) is 22.9 Å². The Balaban J connectivity index is 1.78. The van der Waals surface area contributed by atoms with Gasteiger partial charge in [-0.2, -0.15) is 5.26 Å². The molecule has 0 saturated carbocycles. The highest BCUT2D eigenvalue weighted by Gasteiger charge is 2.46. The third-order valence-corrected chi connectivity index (χ3v) is 6.64. The summed E-state index contributed by atoms with van der Waals surface area (Å²) in [4.78, 5) is 22.4. The van der Waals surface area contributed by atoms with Crippen LogP contribution in [0.15, 0.2) is 59.2 Å². The van der Waals surface area contributed by atoms with Crippen molar-refractivity contribution in [2.45, 2.75) is 31.2 Å². The number of nitrogens with two attached hydrogens (primary N) is 1. The number of nitrogens with one attached hydrogen (secondary N) is 1. The summed E-state index contributed by atoms with van der Waals surface area (Å²) in [7, 11) is 0. The molecular formula is C23H19F2N5OS. The molecule has 0 unspecified atom stereocenters. The molecule has 0 fully saturated rings. The first-order valence-electron chi connectivity index (χ1n) is 9.71. The van der Waals surface area contributed by atoms with Crippen LogP contribution in [0.1, 0.15) is 41.3 Å². The molecule has 9 heteroatoms. The van der Waals surface area contributed by atoms with E-state index in [1.54, 1.807) is 19.2 Å². The number of thiophene rings is 1. The maximum atomic E-state index is 13.7. The fourth-order valence-electron chi connectivity index (χ4n) is 3.85. The van der Waals surface area contributed by atoms with Crippen molar-refractivity contribution in [1.29, 1.82) is 5.26 Å². The van der Waals surface area contributed by atoms with Gasteiger partial charge in [-0.1, -0.05) is 24.3 Å². The van der Waals surface area contributed by atoms with Gasteiger partial charge in [0.1, 0.15) is 11.6 Å². The molecule has 2 atom stereocenters. The molecule has 1 aromatic carbocycles. The zero-order valence-corrected chi connectivity index (χ0v) is 18.1. The van der Waals surface area contributed by atoms with Gasteiger partial charge in [-0.3, -0.25) is 15.1 Å². The van der Waals surface area contributed by atoms with E-state index in [1.165, 1.54) is 41.8 Å². The zero-order valence-electron chi connectivity index (χ0n) is 17.3. The minimum absolute atomic E-state index is 0.00597. The summed E-state index contributed by atoms with van der Waals surface area (Å²) in [6, 6.07) is 11.4. The molecule has 2 aromatic heterocycles. The molecule has 0 saturated heterocycles. The van der Waals surface area contributed by atoms with E-state index < -0.39 is 17.4 Å². The Labute approximate surface area is 187 Å². The third kappa shape index (κ3) is 3.85. The van der Waals surface area contributed by atoms with Crippen LogP contribution in [0.2, 0.25) is 0 Å². The highest BCUT2D eigenvalue weighted by atomic mass is 32.1. The van der Waals surface area contributed by atoms with Crippen molar-refractivity contribution in [3.05, 3.63) is 75.7 Å². The van der Waals surface area contributed by atoms with Gasteiger partial charge in [0, 0.05) is 35.3 Å². The number of hydrogen-bond donors (Lipinski definition) is 2. The molecule has 4 rings (SSSR count). The molecule has 1 amide bonds. The fourth-order valence-corrected chi connectivity index (χ4v) is 4.91. The Morgan fingerprint density at radius 1 is 1.22 bits per heavy atom. The summed E-state index contributed by atoms with van der Waals surface area (Å²) in [6.07, 6.45) is 3.13. The van der Waals surface area contributed by atoms with E-state index >= 15 is 0 Å². The van der Waals surface area contributed by atoms with Crippen LogP contribution >= 0.6 is 11.3 Å². The first-order chi connectivity index (χ1) is 15.1. The minimum atomic E-state index is -2.98. The highest BCUT2D eigenvalue weighted by molar-refractivity contribution is 7.10. The van der Waals surface area contributed by atoms with Crippen molar-refractivity contribution < 1.29 is 13.6 Å². The fraction of sp³-hybridized carbons (Fsp3) is 0.217. The van der Waals surface area contributed by atoms with Gasteiger partial charge in [0.15, 0.2) is 5.96 Å². The molecule has 1 aliphatic heterocycles. The van der Waals surface area contributed by atoms with Crippen molar-refractivity contribution in [3.63, 3.8) is 0 Å². The summed E-state index contributed by atoms with van der Waals surface area (Å²) in [6.45, 7) is 2.62. The minimum Gasteiger partial charge on any atom is -0.370 e. The van der Waals surface area contributed by atoms with E-state index in [2.05, 4.69) is 21.4 Å². The van der Waals surface area contributed by atoms with Gasteiger partial charge in [-0.25, -0.2) is 13.8 Å². The van der Waals surface area contributed by atoms with E-state index in [-0.39, 0.29) is 17.4 Å². The number of amides is 1. The third-order valence-electron chi connectivity index (χ3n) is 5.48.